The summed E-state index contributed by atoms with van der Waals surface area (Å²) in [5.74, 6) is -0.151. The molecule has 0 saturated carbocycles. The van der Waals surface area contributed by atoms with Gasteiger partial charge in [0.25, 0.3) is 0 Å². The van der Waals surface area contributed by atoms with Crippen molar-refractivity contribution < 1.29 is 13.2 Å². The van der Waals surface area contributed by atoms with Crippen molar-refractivity contribution in [3.8, 4) is 0 Å². The smallest absolute Gasteiger partial charge is 0.227 e. The summed E-state index contributed by atoms with van der Waals surface area (Å²) in [4.78, 5) is 14.9. The van der Waals surface area contributed by atoms with Crippen LogP contribution in [0.15, 0.2) is 41.8 Å². The van der Waals surface area contributed by atoms with Crippen molar-refractivity contribution in [3.05, 3.63) is 42.2 Å². The maximum atomic E-state index is 11.6. The Morgan fingerprint density at radius 2 is 2.15 bits per heavy atom. The molecule has 106 valence electrons. The number of aromatic nitrogens is 2. The maximum absolute atomic E-state index is 11.6. The standard InChI is InChI=1S/C13H15N3O3S/c1-10(17)15-12-5-3-4-11(8-12)9-16-7-6-14-13(16)20(2,18)19/h3-8H,9H2,1-2H3,(H,15,17). The molecule has 0 saturated heterocycles. The quantitative estimate of drug-likeness (QED) is 0.921. The van der Waals surface area contributed by atoms with E-state index in [1.165, 1.54) is 13.1 Å². The number of anilines is 1. The Morgan fingerprint density at radius 1 is 1.40 bits per heavy atom. The maximum Gasteiger partial charge on any atom is 0.227 e. The van der Waals surface area contributed by atoms with Crippen molar-refractivity contribution in [2.75, 3.05) is 11.6 Å². The highest BCUT2D eigenvalue weighted by Gasteiger charge is 2.14. The molecule has 0 bridgehead atoms. The van der Waals surface area contributed by atoms with Crippen LogP contribution in [0.1, 0.15) is 12.5 Å². The van der Waals surface area contributed by atoms with E-state index in [9.17, 15) is 13.2 Å². The highest BCUT2D eigenvalue weighted by molar-refractivity contribution is 7.90. The number of rotatable bonds is 4. The van der Waals surface area contributed by atoms with Crippen LogP contribution in [0.4, 0.5) is 5.69 Å². The van der Waals surface area contributed by atoms with Crippen LogP contribution in [0.3, 0.4) is 0 Å². The van der Waals surface area contributed by atoms with Gasteiger partial charge in [0.05, 0.1) is 0 Å². The van der Waals surface area contributed by atoms with Crippen molar-refractivity contribution in [3.63, 3.8) is 0 Å². The van der Waals surface area contributed by atoms with Gasteiger partial charge in [-0.15, -0.1) is 0 Å². The molecule has 1 heterocycles. The minimum absolute atomic E-state index is 0.0300. The number of carbonyl (C=O) groups excluding carboxylic acids is 1. The molecule has 0 spiro atoms. The molecule has 1 N–H and O–H groups in total. The number of nitrogens with one attached hydrogen (secondary N) is 1. The van der Waals surface area contributed by atoms with Gasteiger partial charge >= 0.3 is 0 Å². The fourth-order valence-corrected chi connectivity index (χ4v) is 2.70. The van der Waals surface area contributed by atoms with Crippen molar-refractivity contribution in [1.82, 2.24) is 9.55 Å². The number of nitrogens with zero attached hydrogens (tertiary/aromatic N) is 2. The van der Waals surface area contributed by atoms with E-state index in [4.69, 9.17) is 0 Å². The zero-order valence-electron chi connectivity index (χ0n) is 11.2. The fourth-order valence-electron chi connectivity index (χ4n) is 1.89. The van der Waals surface area contributed by atoms with Gasteiger partial charge in [-0.25, -0.2) is 13.4 Å². The van der Waals surface area contributed by atoms with Crippen molar-refractivity contribution in [2.24, 2.45) is 0 Å². The predicted octanol–water partition coefficient (Wildman–Crippen LogP) is 1.29. The number of imidazole rings is 1. The molecule has 2 rings (SSSR count). The highest BCUT2D eigenvalue weighted by atomic mass is 32.2. The first-order chi connectivity index (χ1) is 9.36. The van der Waals surface area contributed by atoms with Crippen LogP contribution >= 0.6 is 0 Å². The summed E-state index contributed by atoms with van der Waals surface area (Å²) in [6.07, 6.45) is 4.19. The lowest BCUT2D eigenvalue weighted by Gasteiger charge is -2.08. The van der Waals surface area contributed by atoms with Crippen molar-refractivity contribution in [2.45, 2.75) is 18.6 Å². The molecule has 0 aliphatic heterocycles. The van der Waals surface area contributed by atoms with Crippen LogP contribution < -0.4 is 5.32 Å². The molecule has 0 unspecified atom stereocenters. The van der Waals surface area contributed by atoms with E-state index in [0.717, 1.165) is 11.8 Å². The van der Waals surface area contributed by atoms with E-state index in [0.29, 0.717) is 12.2 Å². The normalized spacial score (nSPS) is 11.3. The monoisotopic (exact) mass is 293 g/mol. The van der Waals surface area contributed by atoms with E-state index in [1.807, 2.05) is 6.07 Å². The van der Waals surface area contributed by atoms with Gasteiger partial charge in [0.2, 0.25) is 20.9 Å². The number of carbonyl (C=O) groups is 1. The Hall–Kier alpha value is -2.15. The molecule has 0 aliphatic rings. The fraction of sp³-hybridized carbons (Fsp3) is 0.231. The number of hydrogen-bond donors (Lipinski definition) is 1. The van der Waals surface area contributed by atoms with Crippen molar-refractivity contribution in [1.29, 1.82) is 0 Å². The zero-order valence-corrected chi connectivity index (χ0v) is 12.0. The Morgan fingerprint density at radius 3 is 2.80 bits per heavy atom. The first-order valence-electron chi connectivity index (χ1n) is 5.94. The summed E-state index contributed by atoms with van der Waals surface area (Å²) < 4.78 is 24.7. The second-order valence-corrected chi connectivity index (χ2v) is 6.40. The molecule has 20 heavy (non-hydrogen) atoms. The van der Waals surface area contributed by atoms with Crippen LogP contribution in [0.5, 0.6) is 0 Å². The second-order valence-electron chi connectivity index (χ2n) is 4.49. The van der Waals surface area contributed by atoms with Gasteiger partial charge in [0.1, 0.15) is 0 Å². The Bertz CT molecular complexity index is 735. The SMILES string of the molecule is CC(=O)Nc1cccc(Cn2ccnc2S(C)(=O)=O)c1. The van der Waals surface area contributed by atoms with Gasteiger partial charge in [0.15, 0.2) is 0 Å². The minimum atomic E-state index is -3.36. The average molecular weight is 293 g/mol. The molecule has 6 nitrogen and oxygen atoms in total. The van der Waals surface area contributed by atoms with Gasteiger partial charge in [-0.3, -0.25) is 4.79 Å². The second kappa shape index (κ2) is 5.46. The Labute approximate surface area is 117 Å². The summed E-state index contributed by atoms with van der Waals surface area (Å²) in [5, 5.41) is 2.72. The predicted molar refractivity (Wildman–Crippen MR) is 75.2 cm³/mol. The van der Waals surface area contributed by atoms with Gasteiger partial charge in [-0.1, -0.05) is 12.1 Å². The molecule has 0 fully saturated rings. The lowest BCUT2D eigenvalue weighted by Crippen LogP contribution is -2.10. The van der Waals surface area contributed by atoms with Gasteiger partial charge < -0.3 is 9.88 Å². The van der Waals surface area contributed by atoms with Gasteiger partial charge in [0, 0.05) is 37.8 Å². The molecule has 7 heteroatoms. The minimum Gasteiger partial charge on any atom is -0.326 e. The molecule has 0 radical (unpaired) electrons. The molecule has 0 atom stereocenters. The molecule has 1 amide bonds. The van der Waals surface area contributed by atoms with E-state index in [2.05, 4.69) is 10.3 Å². The molecular weight excluding hydrogens is 278 g/mol. The van der Waals surface area contributed by atoms with Crippen LogP contribution in [-0.4, -0.2) is 30.1 Å². The third kappa shape index (κ3) is 3.45. The molecule has 2 aromatic rings. The lowest BCUT2D eigenvalue weighted by molar-refractivity contribution is -0.114. The number of benzene rings is 1. The molecule has 1 aromatic heterocycles. The number of amides is 1. The first kappa shape index (κ1) is 14.3. The third-order valence-corrected chi connectivity index (χ3v) is 3.61. The summed E-state index contributed by atoms with van der Waals surface area (Å²) in [7, 11) is -3.36. The molecular formula is C13H15N3O3S. The summed E-state index contributed by atoms with van der Waals surface area (Å²) >= 11 is 0. The molecule has 0 aliphatic carbocycles. The van der Waals surface area contributed by atoms with E-state index in [1.54, 1.807) is 29.0 Å². The van der Waals surface area contributed by atoms with Crippen LogP contribution in [0.25, 0.3) is 0 Å². The van der Waals surface area contributed by atoms with Crippen LogP contribution in [0, 0.1) is 0 Å². The number of hydrogen-bond acceptors (Lipinski definition) is 4. The lowest BCUT2D eigenvalue weighted by atomic mass is 10.2. The summed E-state index contributed by atoms with van der Waals surface area (Å²) in [5.41, 5.74) is 1.55. The number of sulfone groups is 1. The van der Waals surface area contributed by atoms with E-state index in [-0.39, 0.29) is 11.1 Å². The summed E-state index contributed by atoms with van der Waals surface area (Å²) in [6, 6.07) is 7.23. The topological polar surface area (TPSA) is 81.1 Å². The molecule has 1 aromatic carbocycles. The average Bonchev–Trinajstić information content (AvgIpc) is 2.76. The Balaban J connectivity index is 2.27. The Kier molecular flexibility index (Phi) is 3.89. The highest BCUT2D eigenvalue weighted by Crippen LogP contribution is 2.14. The zero-order chi connectivity index (χ0) is 14.8. The third-order valence-electron chi connectivity index (χ3n) is 2.61. The van der Waals surface area contributed by atoms with Crippen molar-refractivity contribution >= 4 is 21.4 Å². The van der Waals surface area contributed by atoms with E-state index >= 15 is 0 Å². The first-order valence-corrected chi connectivity index (χ1v) is 7.83. The van der Waals surface area contributed by atoms with E-state index < -0.39 is 9.84 Å². The van der Waals surface area contributed by atoms with Gasteiger partial charge in [-0.05, 0) is 17.7 Å². The largest absolute Gasteiger partial charge is 0.326 e. The van der Waals surface area contributed by atoms with Gasteiger partial charge in [-0.2, -0.15) is 0 Å². The van der Waals surface area contributed by atoms with Crippen LogP contribution in [-0.2, 0) is 21.2 Å². The summed E-state index contributed by atoms with van der Waals surface area (Å²) in [6.45, 7) is 1.81. The van der Waals surface area contributed by atoms with Crippen LogP contribution in [0.2, 0.25) is 0 Å².